The Morgan fingerprint density at radius 1 is 1.50 bits per heavy atom. The topological polar surface area (TPSA) is 55.6 Å². The molecule has 1 saturated heterocycles. The minimum Gasteiger partial charge on any atom is -0.381 e. The number of rotatable bonds is 6. The Morgan fingerprint density at radius 2 is 2.22 bits per heavy atom. The molecule has 0 spiro atoms. The van der Waals surface area contributed by atoms with E-state index in [1.54, 1.807) is 0 Å². The van der Waals surface area contributed by atoms with E-state index in [-0.39, 0.29) is 5.91 Å². The van der Waals surface area contributed by atoms with Crippen LogP contribution in [-0.2, 0) is 9.53 Å². The van der Waals surface area contributed by atoms with Gasteiger partial charge in [-0.15, -0.1) is 0 Å². The third kappa shape index (κ3) is 4.25. The maximum Gasteiger partial charge on any atom is 0.242 e. The standard InChI is InChI=1S/C14H28N2O2/c1-4-8-14(3,15)13(17)16-9-6-7-12(10-16)11-18-5-2/h12H,4-11,15H2,1-3H3. The highest BCUT2D eigenvalue weighted by Crippen LogP contribution is 2.21. The SMILES string of the molecule is CCCC(C)(N)C(=O)N1CCCC(COCC)C1. The van der Waals surface area contributed by atoms with Gasteiger partial charge < -0.3 is 15.4 Å². The Balaban J connectivity index is 2.52. The fourth-order valence-electron chi connectivity index (χ4n) is 2.66. The molecule has 1 aliphatic heterocycles. The molecule has 0 saturated carbocycles. The zero-order valence-electron chi connectivity index (χ0n) is 12.1. The molecule has 0 aromatic carbocycles. The number of piperidine rings is 1. The lowest BCUT2D eigenvalue weighted by molar-refractivity contribution is -0.139. The monoisotopic (exact) mass is 256 g/mol. The second kappa shape index (κ2) is 7.10. The van der Waals surface area contributed by atoms with E-state index < -0.39 is 5.54 Å². The number of ether oxygens (including phenoxy) is 1. The minimum absolute atomic E-state index is 0.102. The molecule has 0 radical (unpaired) electrons. The van der Waals surface area contributed by atoms with Crippen molar-refractivity contribution in [2.24, 2.45) is 11.7 Å². The van der Waals surface area contributed by atoms with Crippen molar-refractivity contribution in [2.45, 2.75) is 52.0 Å². The highest BCUT2D eigenvalue weighted by molar-refractivity contribution is 5.85. The lowest BCUT2D eigenvalue weighted by atomic mass is 9.92. The fourth-order valence-corrected chi connectivity index (χ4v) is 2.66. The third-order valence-electron chi connectivity index (χ3n) is 3.62. The first-order valence-electron chi connectivity index (χ1n) is 7.17. The molecule has 2 N–H and O–H groups in total. The Kier molecular flexibility index (Phi) is 6.09. The van der Waals surface area contributed by atoms with E-state index in [1.807, 2.05) is 18.7 Å². The average Bonchev–Trinajstić information content (AvgIpc) is 2.35. The summed E-state index contributed by atoms with van der Waals surface area (Å²) in [5.74, 6) is 0.575. The van der Waals surface area contributed by atoms with Crippen LogP contribution < -0.4 is 5.73 Å². The van der Waals surface area contributed by atoms with Gasteiger partial charge in [-0.05, 0) is 39.0 Å². The van der Waals surface area contributed by atoms with Crippen molar-refractivity contribution in [3.63, 3.8) is 0 Å². The number of likely N-dealkylation sites (tertiary alicyclic amines) is 1. The Hall–Kier alpha value is -0.610. The van der Waals surface area contributed by atoms with Crippen molar-refractivity contribution in [1.82, 2.24) is 4.90 Å². The molecular formula is C14H28N2O2. The first-order valence-corrected chi connectivity index (χ1v) is 7.17. The molecule has 2 unspecified atom stereocenters. The number of amides is 1. The molecule has 1 heterocycles. The molecule has 18 heavy (non-hydrogen) atoms. The van der Waals surface area contributed by atoms with Crippen LogP contribution in [0.4, 0.5) is 0 Å². The van der Waals surface area contributed by atoms with Gasteiger partial charge in [-0.1, -0.05) is 13.3 Å². The summed E-state index contributed by atoms with van der Waals surface area (Å²) < 4.78 is 5.46. The summed E-state index contributed by atoms with van der Waals surface area (Å²) >= 11 is 0. The summed E-state index contributed by atoms with van der Waals surface area (Å²) in [6, 6.07) is 0. The first-order chi connectivity index (χ1) is 8.51. The zero-order valence-corrected chi connectivity index (χ0v) is 12.1. The predicted octanol–water partition coefficient (Wildman–Crippen LogP) is 1.78. The van der Waals surface area contributed by atoms with E-state index in [1.165, 1.54) is 0 Å². The normalized spacial score (nSPS) is 23.8. The van der Waals surface area contributed by atoms with Crippen LogP contribution in [-0.4, -0.2) is 42.6 Å². The third-order valence-corrected chi connectivity index (χ3v) is 3.62. The summed E-state index contributed by atoms with van der Waals surface area (Å²) in [6.45, 7) is 9.07. The van der Waals surface area contributed by atoms with Crippen LogP contribution in [0.15, 0.2) is 0 Å². The summed E-state index contributed by atoms with van der Waals surface area (Å²) in [4.78, 5) is 14.3. The second-order valence-electron chi connectivity index (χ2n) is 5.59. The number of carbonyl (C=O) groups excluding carboxylic acids is 1. The van der Waals surface area contributed by atoms with E-state index in [0.29, 0.717) is 5.92 Å². The highest BCUT2D eigenvalue weighted by atomic mass is 16.5. The van der Waals surface area contributed by atoms with E-state index in [0.717, 1.165) is 52.0 Å². The first kappa shape index (κ1) is 15.4. The van der Waals surface area contributed by atoms with Gasteiger partial charge in [-0.2, -0.15) is 0 Å². The molecule has 1 fully saturated rings. The summed E-state index contributed by atoms with van der Waals surface area (Å²) in [6.07, 6.45) is 3.90. The lowest BCUT2D eigenvalue weighted by Crippen LogP contribution is -2.55. The van der Waals surface area contributed by atoms with E-state index in [9.17, 15) is 4.79 Å². The number of nitrogens with two attached hydrogens (primary N) is 1. The van der Waals surface area contributed by atoms with Crippen molar-refractivity contribution in [3.05, 3.63) is 0 Å². The van der Waals surface area contributed by atoms with Gasteiger partial charge in [0.2, 0.25) is 5.91 Å². The van der Waals surface area contributed by atoms with Crippen molar-refractivity contribution < 1.29 is 9.53 Å². The fraction of sp³-hybridized carbons (Fsp3) is 0.929. The number of hydrogen-bond acceptors (Lipinski definition) is 3. The molecule has 1 aliphatic rings. The van der Waals surface area contributed by atoms with Gasteiger partial charge in [-0.3, -0.25) is 4.79 Å². The van der Waals surface area contributed by atoms with Crippen molar-refractivity contribution in [1.29, 1.82) is 0 Å². The molecule has 0 aliphatic carbocycles. The van der Waals surface area contributed by atoms with Gasteiger partial charge in [-0.25, -0.2) is 0 Å². The van der Waals surface area contributed by atoms with Crippen LogP contribution in [0.1, 0.15) is 46.5 Å². The van der Waals surface area contributed by atoms with Crippen LogP contribution in [0, 0.1) is 5.92 Å². The van der Waals surface area contributed by atoms with Gasteiger partial charge in [0.15, 0.2) is 0 Å². The van der Waals surface area contributed by atoms with Crippen molar-refractivity contribution in [2.75, 3.05) is 26.3 Å². The largest absolute Gasteiger partial charge is 0.381 e. The van der Waals surface area contributed by atoms with Gasteiger partial charge in [0, 0.05) is 19.7 Å². The minimum atomic E-state index is -0.706. The predicted molar refractivity (Wildman–Crippen MR) is 73.3 cm³/mol. The Labute approximate surface area is 111 Å². The summed E-state index contributed by atoms with van der Waals surface area (Å²) in [7, 11) is 0. The highest BCUT2D eigenvalue weighted by Gasteiger charge is 2.34. The second-order valence-corrected chi connectivity index (χ2v) is 5.59. The summed E-state index contributed by atoms with van der Waals surface area (Å²) in [5, 5.41) is 0. The molecule has 106 valence electrons. The molecule has 0 aromatic rings. The molecule has 4 heteroatoms. The molecule has 2 atom stereocenters. The Bertz CT molecular complexity index is 267. The van der Waals surface area contributed by atoms with E-state index >= 15 is 0 Å². The van der Waals surface area contributed by atoms with Crippen LogP contribution in [0.3, 0.4) is 0 Å². The molecule has 0 aromatic heterocycles. The molecule has 1 amide bonds. The zero-order chi connectivity index (χ0) is 13.6. The van der Waals surface area contributed by atoms with Crippen molar-refractivity contribution >= 4 is 5.91 Å². The van der Waals surface area contributed by atoms with Crippen LogP contribution in [0.5, 0.6) is 0 Å². The number of carbonyl (C=O) groups is 1. The smallest absolute Gasteiger partial charge is 0.242 e. The van der Waals surface area contributed by atoms with Crippen LogP contribution in [0.25, 0.3) is 0 Å². The van der Waals surface area contributed by atoms with Gasteiger partial charge in [0.1, 0.15) is 0 Å². The number of hydrogen-bond donors (Lipinski definition) is 1. The summed E-state index contributed by atoms with van der Waals surface area (Å²) in [5.41, 5.74) is 5.42. The molecule has 0 bridgehead atoms. The van der Waals surface area contributed by atoms with Crippen molar-refractivity contribution in [3.8, 4) is 0 Å². The van der Waals surface area contributed by atoms with E-state index in [2.05, 4.69) is 6.92 Å². The van der Waals surface area contributed by atoms with Crippen LogP contribution in [0.2, 0.25) is 0 Å². The quantitative estimate of drug-likeness (QED) is 0.788. The average molecular weight is 256 g/mol. The maximum absolute atomic E-state index is 12.4. The lowest BCUT2D eigenvalue weighted by Gasteiger charge is -2.37. The number of nitrogens with zero attached hydrogens (tertiary/aromatic N) is 1. The van der Waals surface area contributed by atoms with Crippen LogP contribution >= 0.6 is 0 Å². The molecule has 1 rings (SSSR count). The molecular weight excluding hydrogens is 228 g/mol. The molecule has 4 nitrogen and oxygen atoms in total. The van der Waals surface area contributed by atoms with Gasteiger partial charge in [0.05, 0.1) is 12.1 Å². The van der Waals surface area contributed by atoms with E-state index in [4.69, 9.17) is 10.5 Å². The maximum atomic E-state index is 12.4. The van der Waals surface area contributed by atoms with Gasteiger partial charge >= 0.3 is 0 Å². The van der Waals surface area contributed by atoms with Gasteiger partial charge in [0.25, 0.3) is 0 Å². The Morgan fingerprint density at radius 3 is 2.83 bits per heavy atom.